The van der Waals surface area contributed by atoms with Gasteiger partial charge in [-0.25, -0.2) is 0 Å². The van der Waals surface area contributed by atoms with Crippen LogP contribution in [0, 0.1) is 21.4 Å². The number of ether oxygens (including phenoxy) is 1. The SMILES string of the molecule is CC(=O)C(C(=O)OC(C)(C)C)c1ccc([N+](=O)[O-])c(N)c1C#N. The molecule has 0 saturated heterocycles. The Morgan fingerprint density at radius 3 is 2.35 bits per heavy atom. The van der Waals surface area contributed by atoms with Crippen molar-refractivity contribution >= 4 is 23.1 Å². The van der Waals surface area contributed by atoms with Crippen molar-refractivity contribution in [3.05, 3.63) is 33.4 Å². The number of nitrogens with zero attached hydrogens (tertiary/aromatic N) is 2. The maximum Gasteiger partial charge on any atom is 0.321 e. The van der Waals surface area contributed by atoms with Crippen LogP contribution in [-0.2, 0) is 14.3 Å². The zero-order valence-corrected chi connectivity index (χ0v) is 13.2. The lowest BCUT2D eigenvalue weighted by Crippen LogP contribution is -2.31. The molecule has 1 unspecified atom stereocenters. The zero-order chi connectivity index (χ0) is 17.9. The molecule has 0 aliphatic rings. The Hall–Kier alpha value is -2.95. The molecule has 0 bridgehead atoms. The topological polar surface area (TPSA) is 136 Å². The Balaban J connectivity index is 3.49. The molecular formula is C15H17N3O5. The van der Waals surface area contributed by atoms with Crippen molar-refractivity contribution in [2.24, 2.45) is 0 Å². The van der Waals surface area contributed by atoms with Crippen LogP contribution in [0.15, 0.2) is 12.1 Å². The second kappa shape index (κ2) is 6.44. The minimum atomic E-state index is -1.37. The van der Waals surface area contributed by atoms with Crippen LogP contribution >= 0.6 is 0 Å². The van der Waals surface area contributed by atoms with E-state index in [9.17, 15) is 25.0 Å². The number of nitrogens with two attached hydrogens (primary N) is 1. The van der Waals surface area contributed by atoms with E-state index >= 15 is 0 Å². The predicted molar refractivity (Wildman–Crippen MR) is 81.5 cm³/mol. The molecule has 0 radical (unpaired) electrons. The van der Waals surface area contributed by atoms with E-state index in [-0.39, 0.29) is 16.8 Å². The first kappa shape index (κ1) is 18.1. The van der Waals surface area contributed by atoms with Crippen LogP contribution < -0.4 is 5.73 Å². The molecule has 1 aromatic rings. The quantitative estimate of drug-likeness (QED) is 0.295. The summed E-state index contributed by atoms with van der Waals surface area (Å²) in [5, 5.41) is 20.1. The van der Waals surface area contributed by atoms with Crippen LogP contribution in [0.1, 0.15) is 44.7 Å². The van der Waals surface area contributed by atoms with Gasteiger partial charge >= 0.3 is 5.97 Å². The van der Waals surface area contributed by atoms with Crippen LogP contribution in [0.2, 0.25) is 0 Å². The summed E-state index contributed by atoms with van der Waals surface area (Å²) in [7, 11) is 0. The van der Waals surface area contributed by atoms with Gasteiger partial charge in [0.15, 0.2) is 0 Å². The molecule has 23 heavy (non-hydrogen) atoms. The van der Waals surface area contributed by atoms with Gasteiger partial charge in [-0.15, -0.1) is 0 Å². The first-order valence-electron chi connectivity index (χ1n) is 6.69. The van der Waals surface area contributed by atoms with Gasteiger partial charge in [0.25, 0.3) is 5.69 Å². The number of anilines is 1. The van der Waals surface area contributed by atoms with E-state index in [1.165, 1.54) is 13.0 Å². The molecule has 2 N–H and O–H groups in total. The molecule has 1 rings (SSSR count). The fourth-order valence-corrected chi connectivity index (χ4v) is 2.02. The van der Waals surface area contributed by atoms with E-state index in [0.29, 0.717) is 0 Å². The molecule has 0 fully saturated rings. The lowest BCUT2D eigenvalue weighted by molar-refractivity contribution is -0.383. The number of hydrogen-bond acceptors (Lipinski definition) is 7. The predicted octanol–water partition coefficient (Wildman–Crippen LogP) is 2.06. The number of esters is 1. The number of nitro groups is 1. The number of Topliss-reactive ketones (excluding diaryl/α,β-unsaturated/α-hetero) is 1. The Morgan fingerprint density at radius 1 is 1.39 bits per heavy atom. The zero-order valence-electron chi connectivity index (χ0n) is 13.2. The highest BCUT2D eigenvalue weighted by molar-refractivity contribution is 6.04. The van der Waals surface area contributed by atoms with Crippen molar-refractivity contribution in [3.8, 4) is 6.07 Å². The van der Waals surface area contributed by atoms with E-state index in [4.69, 9.17) is 10.5 Å². The Morgan fingerprint density at radius 2 is 1.96 bits per heavy atom. The first-order chi connectivity index (χ1) is 10.5. The van der Waals surface area contributed by atoms with E-state index in [1.54, 1.807) is 26.8 Å². The normalized spacial score (nSPS) is 12.1. The van der Waals surface area contributed by atoms with E-state index < -0.39 is 33.9 Å². The maximum absolute atomic E-state index is 12.3. The van der Waals surface area contributed by atoms with Gasteiger partial charge in [-0.1, -0.05) is 0 Å². The highest BCUT2D eigenvalue weighted by Gasteiger charge is 2.34. The molecule has 1 aromatic carbocycles. The second-order valence-corrected chi connectivity index (χ2v) is 5.91. The molecule has 122 valence electrons. The summed E-state index contributed by atoms with van der Waals surface area (Å²) >= 11 is 0. The number of carbonyl (C=O) groups excluding carboxylic acids is 2. The molecule has 0 saturated carbocycles. The fraction of sp³-hybridized carbons (Fsp3) is 0.400. The number of rotatable bonds is 4. The second-order valence-electron chi connectivity index (χ2n) is 5.91. The van der Waals surface area contributed by atoms with Gasteiger partial charge in [0, 0.05) is 6.07 Å². The van der Waals surface area contributed by atoms with Gasteiger partial charge < -0.3 is 10.5 Å². The van der Waals surface area contributed by atoms with Crippen LogP contribution in [-0.4, -0.2) is 22.3 Å². The van der Waals surface area contributed by atoms with Crippen molar-refractivity contribution in [1.82, 2.24) is 0 Å². The molecule has 0 aromatic heterocycles. The average molecular weight is 319 g/mol. The average Bonchev–Trinajstić information content (AvgIpc) is 2.36. The molecule has 8 heteroatoms. The molecule has 0 heterocycles. The van der Waals surface area contributed by atoms with E-state index in [1.807, 2.05) is 0 Å². The third-order valence-corrected chi connectivity index (χ3v) is 2.92. The lowest BCUT2D eigenvalue weighted by Gasteiger charge is -2.23. The van der Waals surface area contributed by atoms with E-state index in [0.717, 1.165) is 6.07 Å². The van der Waals surface area contributed by atoms with Crippen LogP contribution in [0.5, 0.6) is 0 Å². The van der Waals surface area contributed by atoms with Crippen molar-refractivity contribution in [1.29, 1.82) is 5.26 Å². The van der Waals surface area contributed by atoms with Gasteiger partial charge in [-0.05, 0) is 39.3 Å². The lowest BCUT2D eigenvalue weighted by atomic mass is 9.90. The summed E-state index contributed by atoms with van der Waals surface area (Å²) < 4.78 is 5.19. The van der Waals surface area contributed by atoms with Crippen molar-refractivity contribution in [3.63, 3.8) is 0 Å². The first-order valence-corrected chi connectivity index (χ1v) is 6.69. The van der Waals surface area contributed by atoms with Gasteiger partial charge in [-0.3, -0.25) is 19.7 Å². The highest BCUT2D eigenvalue weighted by Crippen LogP contribution is 2.33. The van der Waals surface area contributed by atoms with Gasteiger partial charge in [0.05, 0.1) is 10.5 Å². The van der Waals surface area contributed by atoms with Gasteiger partial charge in [0.1, 0.15) is 29.1 Å². The fourth-order valence-electron chi connectivity index (χ4n) is 2.02. The van der Waals surface area contributed by atoms with Gasteiger partial charge in [0.2, 0.25) is 0 Å². The number of nitro benzene ring substituents is 1. The number of ketones is 1. The number of benzene rings is 1. The maximum atomic E-state index is 12.3. The summed E-state index contributed by atoms with van der Waals surface area (Å²) in [5.41, 5.74) is 3.68. The Kier molecular flexibility index (Phi) is 5.07. The monoisotopic (exact) mass is 319 g/mol. The number of carbonyl (C=O) groups is 2. The Bertz CT molecular complexity index is 713. The smallest absolute Gasteiger partial charge is 0.321 e. The summed E-state index contributed by atoms with van der Waals surface area (Å²) in [6, 6.07) is 3.97. The molecule has 0 amide bonds. The third-order valence-electron chi connectivity index (χ3n) is 2.92. The number of nitrogen functional groups attached to an aromatic ring is 1. The summed E-state index contributed by atoms with van der Waals surface area (Å²) in [4.78, 5) is 34.3. The molecular weight excluding hydrogens is 302 g/mol. The van der Waals surface area contributed by atoms with Gasteiger partial charge in [-0.2, -0.15) is 5.26 Å². The molecule has 8 nitrogen and oxygen atoms in total. The summed E-state index contributed by atoms with van der Waals surface area (Å²) in [5.74, 6) is -2.76. The van der Waals surface area contributed by atoms with Crippen molar-refractivity contribution in [2.45, 2.75) is 39.2 Å². The van der Waals surface area contributed by atoms with Crippen LogP contribution in [0.4, 0.5) is 11.4 Å². The summed E-state index contributed by atoms with van der Waals surface area (Å²) in [6.07, 6.45) is 0. The number of hydrogen-bond donors (Lipinski definition) is 1. The Labute approximate surface area is 133 Å². The largest absolute Gasteiger partial charge is 0.459 e. The molecule has 0 aliphatic heterocycles. The van der Waals surface area contributed by atoms with Crippen LogP contribution in [0.25, 0.3) is 0 Å². The van der Waals surface area contributed by atoms with Crippen LogP contribution in [0.3, 0.4) is 0 Å². The minimum absolute atomic E-state index is 0.00245. The minimum Gasteiger partial charge on any atom is -0.459 e. The van der Waals surface area contributed by atoms with Crippen molar-refractivity contribution < 1.29 is 19.2 Å². The molecule has 0 aliphatic carbocycles. The third kappa shape index (κ3) is 4.03. The number of nitriles is 1. The van der Waals surface area contributed by atoms with Crippen molar-refractivity contribution in [2.75, 3.05) is 5.73 Å². The molecule has 1 atom stereocenters. The highest BCUT2D eigenvalue weighted by atomic mass is 16.6. The summed E-state index contributed by atoms with van der Waals surface area (Å²) in [6.45, 7) is 6.08. The molecule has 0 spiro atoms. The standard InChI is InChI=1S/C15H17N3O5/c1-8(19)12(14(20)23-15(2,3)4)9-5-6-11(18(21)22)13(17)10(9)7-16/h5-6,12H,17H2,1-4H3. The van der Waals surface area contributed by atoms with E-state index in [2.05, 4.69) is 0 Å².